The summed E-state index contributed by atoms with van der Waals surface area (Å²) in [7, 11) is 0. The average Bonchev–Trinajstić information content (AvgIpc) is 3.47. The number of rotatable bonds is 9. The summed E-state index contributed by atoms with van der Waals surface area (Å²) in [6.45, 7) is 3.47. The molecule has 2 aromatic heterocycles. The fourth-order valence-corrected chi connectivity index (χ4v) is 6.78. The molecule has 10 heteroatoms. The summed E-state index contributed by atoms with van der Waals surface area (Å²) >= 11 is 1.27. The second kappa shape index (κ2) is 9.93. The number of hydrogen-bond acceptors (Lipinski definition) is 5. The molecule has 37 heavy (non-hydrogen) atoms. The standard InChI is InChI=1S/C27H33F3N4O2S/c1-15-20(10-19(14-31-15)27(28,29)30)32-16(2)22-7-8-23(37-22)25(36)33-21(9-17-5-3-4-6-17)24(35)34-26-11-18(12-26)13-26/h7-8,10,14,16-18,21,32H,3-6,9,11-13H2,1-2H3,(H,33,36)(H,34,35)/t16-,18?,21-,26?/m0/s1. The first-order chi connectivity index (χ1) is 17.5. The summed E-state index contributed by atoms with van der Waals surface area (Å²) in [5, 5.41) is 9.30. The minimum absolute atomic E-state index is 0.0476. The van der Waals surface area contributed by atoms with E-state index in [2.05, 4.69) is 20.9 Å². The number of halogens is 3. The molecule has 6 rings (SSSR count). The van der Waals surface area contributed by atoms with Crippen LogP contribution < -0.4 is 16.0 Å². The zero-order valence-electron chi connectivity index (χ0n) is 21.1. The molecule has 2 aromatic rings. The van der Waals surface area contributed by atoms with Crippen molar-refractivity contribution in [2.45, 2.75) is 89.0 Å². The summed E-state index contributed by atoms with van der Waals surface area (Å²) in [5.74, 6) is 0.809. The topological polar surface area (TPSA) is 83.1 Å². The molecule has 0 aliphatic heterocycles. The number of pyridine rings is 1. The van der Waals surface area contributed by atoms with E-state index in [0.29, 0.717) is 28.6 Å². The zero-order valence-corrected chi connectivity index (χ0v) is 21.9. The van der Waals surface area contributed by atoms with Crippen LogP contribution in [0.4, 0.5) is 18.9 Å². The normalized spacial score (nSPS) is 24.5. The third-order valence-corrected chi connectivity index (χ3v) is 9.42. The van der Waals surface area contributed by atoms with Gasteiger partial charge in [0.2, 0.25) is 5.91 Å². The van der Waals surface area contributed by atoms with Crippen molar-refractivity contribution in [3.05, 3.63) is 45.4 Å². The maximum Gasteiger partial charge on any atom is 0.417 e. The third kappa shape index (κ3) is 5.63. The lowest BCUT2D eigenvalue weighted by Gasteiger charge is -2.62. The molecule has 2 amide bonds. The van der Waals surface area contributed by atoms with Crippen LogP contribution in [-0.2, 0) is 11.0 Å². The van der Waals surface area contributed by atoms with Crippen LogP contribution >= 0.6 is 11.3 Å². The van der Waals surface area contributed by atoms with Gasteiger partial charge in [0, 0.05) is 16.6 Å². The Labute approximate surface area is 218 Å². The molecule has 4 saturated carbocycles. The highest BCUT2D eigenvalue weighted by Crippen LogP contribution is 2.57. The summed E-state index contributed by atoms with van der Waals surface area (Å²) in [6, 6.07) is 3.65. The number of carbonyl (C=O) groups is 2. The Morgan fingerprint density at radius 1 is 1.19 bits per heavy atom. The van der Waals surface area contributed by atoms with Gasteiger partial charge in [0.1, 0.15) is 6.04 Å². The van der Waals surface area contributed by atoms with Gasteiger partial charge in [0.05, 0.1) is 27.9 Å². The molecular weight excluding hydrogens is 501 g/mol. The monoisotopic (exact) mass is 534 g/mol. The van der Waals surface area contributed by atoms with Gasteiger partial charge in [-0.2, -0.15) is 13.2 Å². The lowest BCUT2D eigenvalue weighted by molar-refractivity contribution is -0.138. The highest BCUT2D eigenvalue weighted by molar-refractivity contribution is 7.14. The summed E-state index contributed by atoms with van der Waals surface area (Å²) < 4.78 is 39.4. The van der Waals surface area contributed by atoms with Crippen LogP contribution in [0.1, 0.15) is 90.1 Å². The average molecular weight is 535 g/mol. The molecule has 0 saturated heterocycles. The van der Waals surface area contributed by atoms with Gasteiger partial charge in [-0.25, -0.2) is 0 Å². The summed E-state index contributed by atoms with van der Waals surface area (Å²) in [5.41, 5.74) is -0.111. The molecule has 6 nitrogen and oxygen atoms in total. The van der Waals surface area contributed by atoms with Crippen molar-refractivity contribution < 1.29 is 22.8 Å². The number of nitrogens with one attached hydrogen (secondary N) is 3. The van der Waals surface area contributed by atoms with E-state index in [1.54, 1.807) is 19.1 Å². The van der Waals surface area contributed by atoms with Crippen molar-refractivity contribution in [3.63, 3.8) is 0 Å². The van der Waals surface area contributed by atoms with Gasteiger partial charge in [-0.3, -0.25) is 14.6 Å². The first-order valence-electron chi connectivity index (χ1n) is 13.0. The van der Waals surface area contributed by atoms with Crippen LogP contribution in [0.15, 0.2) is 24.4 Å². The highest BCUT2D eigenvalue weighted by Gasteiger charge is 2.57. The van der Waals surface area contributed by atoms with Crippen molar-refractivity contribution in [3.8, 4) is 0 Å². The van der Waals surface area contributed by atoms with E-state index in [4.69, 9.17) is 0 Å². The van der Waals surface area contributed by atoms with E-state index in [9.17, 15) is 22.8 Å². The quantitative estimate of drug-likeness (QED) is 0.369. The van der Waals surface area contributed by atoms with Crippen molar-refractivity contribution in [2.75, 3.05) is 5.32 Å². The Morgan fingerprint density at radius 3 is 2.51 bits per heavy atom. The van der Waals surface area contributed by atoms with E-state index in [1.807, 2.05) is 6.92 Å². The number of carbonyl (C=O) groups excluding carboxylic acids is 2. The Bertz CT molecular complexity index is 1160. The minimum atomic E-state index is -4.48. The SMILES string of the molecule is Cc1ncc(C(F)(F)F)cc1N[C@@H](C)c1ccc(C(=O)N[C@@H](CC2CCCC2)C(=O)NC23CC(C2)C3)s1. The van der Waals surface area contributed by atoms with Gasteiger partial charge in [-0.1, -0.05) is 25.7 Å². The highest BCUT2D eigenvalue weighted by atomic mass is 32.1. The molecule has 2 bridgehead atoms. The minimum Gasteiger partial charge on any atom is -0.376 e. The Morgan fingerprint density at radius 2 is 1.89 bits per heavy atom. The molecule has 4 aliphatic rings. The second-order valence-corrected chi connectivity index (χ2v) is 12.2. The molecule has 3 N–H and O–H groups in total. The van der Waals surface area contributed by atoms with Gasteiger partial charge in [0.25, 0.3) is 5.91 Å². The zero-order chi connectivity index (χ0) is 26.4. The van der Waals surface area contributed by atoms with E-state index >= 15 is 0 Å². The third-order valence-electron chi connectivity index (χ3n) is 8.16. The van der Waals surface area contributed by atoms with E-state index < -0.39 is 17.8 Å². The molecule has 0 radical (unpaired) electrons. The number of amides is 2. The van der Waals surface area contributed by atoms with Crippen LogP contribution in [0.2, 0.25) is 0 Å². The van der Waals surface area contributed by atoms with Gasteiger partial charge in [-0.05, 0) is 69.6 Å². The fraction of sp³-hybridized carbons (Fsp3) is 0.593. The molecular formula is C27H33F3N4O2S. The molecule has 4 fully saturated rings. The molecule has 200 valence electrons. The molecule has 2 heterocycles. The van der Waals surface area contributed by atoms with Crippen LogP contribution in [0.3, 0.4) is 0 Å². The largest absolute Gasteiger partial charge is 0.417 e. The van der Waals surface area contributed by atoms with E-state index in [1.165, 1.54) is 24.2 Å². The van der Waals surface area contributed by atoms with Crippen molar-refractivity contribution in [1.29, 1.82) is 0 Å². The molecule has 2 atom stereocenters. The number of aromatic nitrogens is 1. The molecule has 0 spiro atoms. The Hall–Kier alpha value is -2.62. The van der Waals surface area contributed by atoms with Gasteiger partial charge in [0.15, 0.2) is 0 Å². The number of nitrogens with zero attached hydrogens (tertiary/aromatic N) is 1. The van der Waals surface area contributed by atoms with Crippen LogP contribution in [0, 0.1) is 18.8 Å². The number of anilines is 1. The van der Waals surface area contributed by atoms with Crippen molar-refractivity contribution in [1.82, 2.24) is 15.6 Å². The smallest absolute Gasteiger partial charge is 0.376 e. The van der Waals surface area contributed by atoms with Gasteiger partial charge < -0.3 is 16.0 Å². The Kier molecular flexibility index (Phi) is 6.98. The molecule has 4 aliphatic carbocycles. The lowest BCUT2D eigenvalue weighted by Crippen LogP contribution is -2.70. The second-order valence-electron chi connectivity index (χ2n) is 11.1. The molecule has 0 unspecified atom stereocenters. The van der Waals surface area contributed by atoms with Crippen LogP contribution in [0.25, 0.3) is 0 Å². The summed E-state index contributed by atoms with van der Waals surface area (Å²) in [6.07, 6.45) is 4.63. The van der Waals surface area contributed by atoms with Gasteiger partial charge >= 0.3 is 6.18 Å². The van der Waals surface area contributed by atoms with Crippen LogP contribution in [-0.4, -0.2) is 28.4 Å². The predicted octanol–water partition coefficient (Wildman–Crippen LogP) is 5.99. The van der Waals surface area contributed by atoms with Crippen molar-refractivity contribution in [2.24, 2.45) is 11.8 Å². The lowest BCUT2D eigenvalue weighted by atomic mass is 9.50. The number of hydrogen-bond donors (Lipinski definition) is 3. The van der Waals surface area contributed by atoms with Crippen molar-refractivity contribution >= 4 is 28.8 Å². The molecule has 0 aromatic carbocycles. The first-order valence-corrected chi connectivity index (χ1v) is 13.9. The maximum absolute atomic E-state index is 13.2. The fourth-order valence-electron chi connectivity index (χ4n) is 5.87. The maximum atomic E-state index is 13.2. The van der Waals surface area contributed by atoms with E-state index in [-0.39, 0.29) is 23.4 Å². The number of alkyl halides is 3. The first kappa shape index (κ1) is 26.0. The van der Waals surface area contributed by atoms with E-state index in [0.717, 1.165) is 55.2 Å². The summed E-state index contributed by atoms with van der Waals surface area (Å²) in [4.78, 5) is 31.5. The van der Waals surface area contributed by atoms with Crippen LogP contribution in [0.5, 0.6) is 0 Å². The predicted molar refractivity (Wildman–Crippen MR) is 136 cm³/mol. The number of thiophene rings is 1. The van der Waals surface area contributed by atoms with Gasteiger partial charge in [-0.15, -0.1) is 11.3 Å². The number of aryl methyl sites for hydroxylation is 1. The Balaban J connectivity index is 1.24.